The number of nitrogens with zero attached hydrogens (tertiary/aromatic N) is 2. The van der Waals surface area contributed by atoms with Gasteiger partial charge in [0.25, 0.3) is 5.91 Å². The van der Waals surface area contributed by atoms with Crippen molar-refractivity contribution in [2.45, 2.75) is 25.3 Å². The van der Waals surface area contributed by atoms with E-state index in [1.165, 1.54) is 0 Å². The van der Waals surface area contributed by atoms with Crippen molar-refractivity contribution in [3.63, 3.8) is 0 Å². The van der Waals surface area contributed by atoms with E-state index in [-0.39, 0.29) is 17.7 Å². The molecule has 0 radical (unpaired) electrons. The van der Waals surface area contributed by atoms with Crippen molar-refractivity contribution in [3.05, 3.63) is 30.1 Å². The molecule has 3 rings (SSSR count). The highest BCUT2D eigenvalue weighted by Crippen LogP contribution is 2.32. The zero-order valence-electron chi connectivity index (χ0n) is 10.7. The number of amides is 2. The Bertz CT molecular complexity index is 485. The topological polar surface area (TPSA) is 62.3 Å². The van der Waals surface area contributed by atoms with Gasteiger partial charge in [-0.25, -0.2) is 0 Å². The Kier molecular flexibility index (Phi) is 3.19. The Morgan fingerprint density at radius 1 is 1.47 bits per heavy atom. The van der Waals surface area contributed by atoms with Crippen LogP contribution in [-0.4, -0.2) is 40.8 Å². The molecular formula is C14H17N3O2. The molecule has 1 aromatic rings. The van der Waals surface area contributed by atoms with Crippen LogP contribution in [0.5, 0.6) is 0 Å². The number of hydrogen-bond acceptors (Lipinski definition) is 3. The molecule has 1 aromatic heterocycles. The monoisotopic (exact) mass is 259 g/mol. The molecule has 2 heterocycles. The predicted octanol–water partition coefficient (Wildman–Crippen LogP) is 0.822. The Morgan fingerprint density at radius 3 is 3.00 bits per heavy atom. The lowest BCUT2D eigenvalue weighted by Crippen LogP contribution is -2.32. The van der Waals surface area contributed by atoms with E-state index in [1.807, 2.05) is 4.90 Å². The lowest BCUT2D eigenvalue weighted by atomic mass is 10.1. The van der Waals surface area contributed by atoms with Crippen molar-refractivity contribution < 1.29 is 9.59 Å². The van der Waals surface area contributed by atoms with Gasteiger partial charge in [0.05, 0.1) is 5.56 Å². The van der Waals surface area contributed by atoms with Crippen LogP contribution in [0.1, 0.15) is 29.6 Å². The normalized spacial score (nSPS) is 22.6. The van der Waals surface area contributed by atoms with Crippen LogP contribution < -0.4 is 5.32 Å². The molecular weight excluding hydrogens is 242 g/mol. The zero-order valence-corrected chi connectivity index (χ0v) is 10.7. The number of carbonyl (C=O) groups excluding carboxylic acids is 2. The van der Waals surface area contributed by atoms with Crippen LogP contribution in [-0.2, 0) is 4.79 Å². The van der Waals surface area contributed by atoms with Gasteiger partial charge in [0.15, 0.2) is 0 Å². The van der Waals surface area contributed by atoms with Crippen LogP contribution in [0.15, 0.2) is 24.5 Å². The second-order valence-corrected chi connectivity index (χ2v) is 5.30. The second kappa shape index (κ2) is 4.99. The largest absolute Gasteiger partial charge is 0.352 e. The molecule has 2 aliphatic rings. The molecule has 5 heteroatoms. The Balaban J connectivity index is 1.50. The molecule has 0 spiro atoms. The van der Waals surface area contributed by atoms with Gasteiger partial charge < -0.3 is 10.2 Å². The summed E-state index contributed by atoms with van der Waals surface area (Å²) < 4.78 is 0. The van der Waals surface area contributed by atoms with E-state index in [0.29, 0.717) is 24.6 Å². The highest BCUT2D eigenvalue weighted by Gasteiger charge is 2.39. The average Bonchev–Trinajstić information content (AvgIpc) is 3.21. The molecule has 2 fully saturated rings. The third-order valence-corrected chi connectivity index (χ3v) is 3.70. The minimum atomic E-state index is -0.120. The number of rotatable bonds is 4. The molecule has 1 aliphatic carbocycles. The Labute approximate surface area is 112 Å². The first-order valence-electron chi connectivity index (χ1n) is 6.72. The maximum Gasteiger partial charge on any atom is 0.252 e. The number of pyridine rings is 1. The minimum Gasteiger partial charge on any atom is -0.352 e. The first-order chi connectivity index (χ1) is 9.24. The molecule has 19 heavy (non-hydrogen) atoms. The van der Waals surface area contributed by atoms with E-state index in [9.17, 15) is 9.59 Å². The molecule has 1 aliphatic heterocycles. The summed E-state index contributed by atoms with van der Waals surface area (Å²) >= 11 is 0. The van der Waals surface area contributed by atoms with E-state index in [1.54, 1.807) is 24.5 Å². The number of likely N-dealkylation sites (tertiary alicyclic amines) is 1. The van der Waals surface area contributed by atoms with Gasteiger partial charge in [-0.1, -0.05) is 0 Å². The highest BCUT2D eigenvalue weighted by atomic mass is 16.2. The highest BCUT2D eigenvalue weighted by molar-refractivity contribution is 5.93. The van der Waals surface area contributed by atoms with Crippen molar-refractivity contribution in [2.24, 2.45) is 5.92 Å². The standard InChI is InChI=1S/C14H17N3O2/c18-13-6-10(9-17(13)12-3-4-12)7-16-14(19)11-2-1-5-15-8-11/h1-2,5,8,10,12H,3-4,6-7,9H2,(H,16,19). The summed E-state index contributed by atoms with van der Waals surface area (Å²) in [6.45, 7) is 1.35. The smallest absolute Gasteiger partial charge is 0.252 e. The van der Waals surface area contributed by atoms with Crippen molar-refractivity contribution in [1.29, 1.82) is 0 Å². The van der Waals surface area contributed by atoms with Gasteiger partial charge >= 0.3 is 0 Å². The maximum atomic E-state index is 11.9. The van der Waals surface area contributed by atoms with Crippen LogP contribution in [0.4, 0.5) is 0 Å². The van der Waals surface area contributed by atoms with Crippen molar-refractivity contribution >= 4 is 11.8 Å². The van der Waals surface area contributed by atoms with Crippen LogP contribution in [0.2, 0.25) is 0 Å². The fourth-order valence-corrected chi connectivity index (χ4v) is 2.52. The molecule has 1 saturated carbocycles. The lowest BCUT2D eigenvalue weighted by Gasteiger charge is -2.15. The van der Waals surface area contributed by atoms with Crippen LogP contribution in [0, 0.1) is 5.92 Å². The van der Waals surface area contributed by atoms with Crippen molar-refractivity contribution in [3.8, 4) is 0 Å². The van der Waals surface area contributed by atoms with Gasteiger partial charge in [-0.05, 0) is 25.0 Å². The van der Waals surface area contributed by atoms with Gasteiger partial charge in [-0.2, -0.15) is 0 Å². The van der Waals surface area contributed by atoms with Crippen LogP contribution in [0.25, 0.3) is 0 Å². The molecule has 100 valence electrons. The summed E-state index contributed by atoms with van der Waals surface area (Å²) in [5.41, 5.74) is 0.561. The first kappa shape index (κ1) is 12.1. The average molecular weight is 259 g/mol. The molecule has 1 atom stereocenters. The van der Waals surface area contributed by atoms with Crippen molar-refractivity contribution in [2.75, 3.05) is 13.1 Å². The lowest BCUT2D eigenvalue weighted by molar-refractivity contribution is -0.128. The third-order valence-electron chi connectivity index (χ3n) is 3.70. The van der Waals surface area contributed by atoms with Gasteiger partial charge in [-0.15, -0.1) is 0 Å². The summed E-state index contributed by atoms with van der Waals surface area (Å²) in [6, 6.07) is 3.95. The van der Waals surface area contributed by atoms with Crippen molar-refractivity contribution in [1.82, 2.24) is 15.2 Å². The number of aromatic nitrogens is 1. The van der Waals surface area contributed by atoms with Crippen LogP contribution in [0.3, 0.4) is 0 Å². The second-order valence-electron chi connectivity index (χ2n) is 5.30. The minimum absolute atomic E-state index is 0.120. The maximum absolute atomic E-state index is 11.9. The number of hydrogen-bond donors (Lipinski definition) is 1. The van der Waals surface area contributed by atoms with Gasteiger partial charge in [0.2, 0.25) is 5.91 Å². The van der Waals surface area contributed by atoms with E-state index in [2.05, 4.69) is 10.3 Å². The van der Waals surface area contributed by atoms with E-state index in [4.69, 9.17) is 0 Å². The molecule has 1 saturated heterocycles. The van der Waals surface area contributed by atoms with E-state index < -0.39 is 0 Å². The summed E-state index contributed by atoms with van der Waals surface area (Å²) in [7, 11) is 0. The summed E-state index contributed by atoms with van der Waals surface area (Å²) in [6.07, 6.45) is 6.02. The van der Waals surface area contributed by atoms with Gasteiger partial charge in [0.1, 0.15) is 0 Å². The SMILES string of the molecule is O=C(NCC1CC(=O)N(C2CC2)C1)c1cccnc1. The number of nitrogens with one attached hydrogen (secondary N) is 1. The summed E-state index contributed by atoms with van der Waals surface area (Å²) in [4.78, 5) is 29.5. The Morgan fingerprint density at radius 2 is 2.32 bits per heavy atom. The number of carbonyl (C=O) groups is 2. The predicted molar refractivity (Wildman–Crippen MR) is 69.4 cm³/mol. The third kappa shape index (κ3) is 2.75. The van der Waals surface area contributed by atoms with Gasteiger partial charge in [0, 0.05) is 43.9 Å². The quantitative estimate of drug-likeness (QED) is 0.871. The summed E-state index contributed by atoms with van der Waals surface area (Å²) in [5, 5.41) is 2.88. The fraction of sp³-hybridized carbons (Fsp3) is 0.500. The molecule has 5 nitrogen and oxygen atoms in total. The fourth-order valence-electron chi connectivity index (χ4n) is 2.52. The molecule has 0 aromatic carbocycles. The zero-order chi connectivity index (χ0) is 13.2. The van der Waals surface area contributed by atoms with E-state index in [0.717, 1.165) is 19.4 Å². The Hall–Kier alpha value is -1.91. The molecule has 1 N–H and O–H groups in total. The summed E-state index contributed by atoms with van der Waals surface area (Å²) in [5.74, 6) is 0.363. The first-order valence-corrected chi connectivity index (χ1v) is 6.72. The van der Waals surface area contributed by atoms with E-state index >= 15 is 0 Å². The van der Waals surface area contributed by atoms with Gasteiger partial charge in [-0.3, -0.25) is 14.6 Å². The molecule has 0 bridgehead atoms. The molecule has 1 unspecified atom stereocenters. The van der Waals surface area contributed by atoms with Crippen LogP contribution >= 0.6 is 0 Å². The molecule has 2 amide bonds.